The number of aryl methyl sites for hydroxylation is 1. The lowest BCUT2D eigenvalue weighted by Gasteiger charge is -2.10. The minimum atomic E-state index is -2.23. The Balaban J connectivity index is 1.73. The summed E-state index contributed by atoms with van der Waals surface area (Å²) in [5.74, 6) is -11.8. The minimum Gasteiger partial charge on any atom is -0.487 e. The van der Waals surface area contributed by atoms with Gasteiger partial charge in [-0.25, -0.2) is 13.2 Å². The molecule has 0 fully saturated rings. The van der Waals surface area contributed by atoms with Crippen molar-refractivity contribution in [2.45, 2.75) is 32.6 Å². The van der Waals surface area contributed by atoms with Crippen molar-refractivity contribution in [1.82, 2.24) is 4.98 Å². The Morgan fingerprint density at radius 2 is 1.63 bits per heavy atom. The number of hydrogen-bond donors (Lipinski definition) is 1. The van der Waals surface area contributed by atoms with E-state index < -0.39 is 34.8 Å². The van der Waals surface area contributed by atoms with Gasteiger partial charge in [-0.2, -0.15) is 8.78 Å². The van der Waals surface area contributed by atoms with Crippen molar-refractivity contribution in [3.05, 3.63) is 53.1 Å². The van der Waals surface area contributed by atoms with Crippen molar-refractivity contribution in [2.24, 2.45) is 0 Å². The maximum atomic E-state index is 13.4. The predicted molar refractivity (Wildman–Crippen MR) is 87.8 cm³/mol. The Kier molecular flexibility index (Phi) is 7.09. The Morgan fingerprint density at radius 1 is 1.00 bits per heavy atom. The summed E-state index contributed by atoms with van der Waals surface area (Å²) in [6, 6.07) is 3.37. The van der Waals surface area contributed by atoms with Crippen molar-refractivity contribution < 1.29 is 31.5 Å². The number of benzene rings is 1. The molecule has 27 heavy (non-hydrogen) atoms. The topological polar surface area (TPSA) is 51.2 Å². The minimum absolute atomic E-state index is 0.207. The van der Waals surface area contributed by atoms with E-state index in [0.717, 1.165) is 5.69 Å². The molecular weight excluding hydrogens is 371 g/mol. The van der Waals surface area contributed by atoms with E-state index in [1.165, 1.54) is 0 Å². The largest absolute Gasteiger partial charge is 0.487 e. The van der Waals surface area contributed by atoms with Crippen LogP contribution in [0.4, 0.5) is 27.6 Å². The van der Waals surface area contributed by atoms with Gasteiger partial charge in [0.05, 0.1) is 6.61 Å². The number of pyridine rings is 1. The molecule has 0 spiro atoms. The average Bonchev–Trinajstić information content (AvgIpc) is 2.63. The number of amides is 1. The molecule has 4 nitrogen and oxygen atoms in total. The number of rotatable bonds is 8. The number of nitrogens with zero attached hydrogens (tertiary/aromatic N) is 1. The molecule has 0 radical (unpaired) electrons. The third-order valence-electron chi connectivity index (χ3n) is 3.64. The van der Waals surface area contributed by atoms with Crippen LogP contribution in [0.3, 0.4) is 0 Å². The van der Waals surface area contributed by atoms with Crippen molar-refractivity contribution in [2.75, 3.05) is 11.9 Å². The SMILES string of the molecule is Cc1cc(NC(=O)CCCCCOc2c(F)c(F)c(F)c(F)c2F)ccn1. The number of carbonyl (C=O) groups is 1. The van der Waals surface area contributed by atoms with Crippen LogP contribution in [0.2, 0.25) is 0 Å². The van der Waals surface area contributed by atoms with Gasteiger partial charge in [0.2, 0.25) is 35.0 Å². The highest BCUT2D eigenvalue weighted by atomic mass is 19.2. The molecule has 0 aliphatic heterocycles. The van der Waals surface area contributed by atoms with Crippen LogP contribution >= 0.6 is 0 Å². The van der Waals surface area contributed by atoms with E-state index in [0.29, 0.717) is 18.5 Å². The highest BCUT2D eigenvalue weighted by Crippen LogP contribution is 2.29. The average molecular weight is 388 g/mol. The van der Waals surface area contributed by atoms with Gasteiger partial charge in [-0.1, -0.05) is 0 Å². The van der Waals surface area contributed by atoms with Crippen molar-refractivity contribution in [3.8, 4) is 5.75 Å². The lowest BCUT2D eigenvalue weighted by molar-refractivity contribution is -0.116. The second-order valence-corrected chi connectivity index (χ2v) is 5.79. The number of anilines is 1. The first-order chi connectivity index (χ1) is 12.8. The molecule has 1 amide bonds. The summed E-state index contributed by atoms with van der Waals surface area (Å²) >= 11 is 0. The van der Waals surface area contributed by atoms with Gasteiger partial charge in [0.15, 0.2) is 5.75 Å². The normalized spacial score (nSPS) is 10.7. The summed E-state index contributed by atoms with van der Waals surface area (Å²) in [6.07, 6.45) is 3.00. The first-order valence-electron chi connectivity index (χ1n) is 8.18. The maximum absolute atomic E-state index is 13.4. The molecule has 0 aliphatic carbocycles. The fraction of sp³-hybridized carbons (Fsp3) is 0.333. The van der Waals surface area contributed by atoms with E-state index in [-0.39, 0.29) is 25.4 Å². The highest BCUT2D eigenvalue weighted by molar-refractivity contribution is 5.90. The molecule has 1 aromatic heterocycles. The van der Waals surface area contributed by atoms with Crippen LogP contribution < -0.4 is 10.1 Å². The Labute approximate surface area is 152 Å². The molecule has 0 bridgehead atoms. The molecule has 146 valence electrons. The first kappa shape index (κ1) is 20.6. The Hall–Kier alpha value is -2.71. The number of carbonyl (C=O) groups excluding carboxylic acids is 1. The summed E-state index contributed by atoms with van der Waals surface area (Å²) in [5.41, 5.74) is 1.39. The Morgan fingerprint density at radius 3 is 2.26 bits per heavy atom. The van der Waals surface area contributed by atoms with Crippen LogP contribution in [0.1, 0.15) is 31.4 Å². The Bertz CT molecular complexity index is 801. The molecule has 2 aromatic rings. The van der Waals surface area contributed by atoms with Crippen molar-refractivity contribution in [1.29, 1.82) is 0 Å². The number of hydrogen-bond acceptors (Lipinski definition) is 3. The summed E-state index contributed by atoms with van der Waals surface area (Å²) in [7, 11) is 0. The smallest absolute Gasteiger partial charge is 0.224 e. The van der Waals surface area contributed by atoms with Crippen molar-refractivity contribution >= 4 is 11.6 Å². The van der Waals surface area contributed by atoms with Gasteiger partial charge in [-0.15, -0.1) is 0 Å². The number of unbranched alkanes of at least 4 members (excludes halogenated alkanes) is 2. The molecular formula is C18H17F5N2O2. The first-order valence-corrected chi connectivity index (χ1v) is 8.18. The standard InChI is InChI=1S/C18H17F5N2O2/c1-10-9-11(6-7-24-10)25-12(26)5-3-2-4-8-27-18-16(22)14(20)13(19)15(21)17(18)23/h6-7,9H,2-5,8H2,1H3,(H,24,25,26). The fourth-order valence-electron chi connectivity index (χ4n) is 2.30. The van der Waals surface area contributed by atoms with Crippen LogP contribution in [0.25, 0.3) is 0 Å². The highest BCUT2D eigenvalue weighted by Gasteiger charge is 2.26. The van der Waals surface area contributed by atoms with E-state index in [1.54, 1.807) is 25.3 Å². The van der Waals surface area contributed by atoms with Gasteiger partial charge >= 0.3 is 0 Å². The van der Waals surface area contributed by atoms with E-state index in [1.807, 2.05) is 0 Å². The van der Waals surface area contributed by atoms with Gasteiger partial charge in [0.1, 0.15) is 0 Å². The van der Waals surface area contributed by atoms with Gasteiger partial charge in [-0.05, 0) is 38.3 Å². The quantitative estimate of drug-likeness (QED) is 0.310. The lowest BCUT2D eigenvalue weighted by atomic mass is 10.2. The molecule has 9 heteroatoms. The molecule has 2 rings (SSSR count). The van der Waals surface area contributed by atoms with Crippen molar-refractivity contribution in [3.63, 3.8) is 0 Å². The molecule has 0 aliphatic rings. The molecule has 1 aromatic carbocycles. The van der Waals surface area contributed by atoms with Crippen LogP contribution in [-0.2, 0) is 4.79 Å². The molecule has 0 saturated heterocycles. The second kappa shape index (κ2) is 9.29. The zero-order chi connectivity index (χ0) is 20.0. The summed E-state index contributed by atoms with van der Waals surface area (Å²) in [5, 5.41) is 2.70. The third kappa shape index (κ3) is 5.38. The predicted octanol–water partition coefficient (Wildman–Crippen LogP) is 4.66. The zero-order valence-electron chi connectivity index (χ0n) is 14.4. The third-order valence-corrected chi connectivity index (χ3v) is 3.64. The van der Waals surface area contributed by atoms with E-state index in [9.17, 15) is 26.7 Å². The maximum Gasteiger partial charge on any atom is 0.224 e. The zero-order valence-corrected chi connectivity index (χ0v) is 14.4. The van der Waals surface area contributed by atoms with Gasteiger partial charge < -0.3 is 10.1 Å². The van der Waals surface area contributed by atoms with Crippen LogP contribution in [0.5, 0.6) is 5.75 Å². The van der Waals surface area contributed by atoms with Gasteiger partial charge in [0, 0.05) is 24.0 Å². The van der Waals surface area contributed by atoms with Crippen LogP contribution in [0, 0.1) is 36.0 Å². The molecule has 1 N–H and O–H groups in total. The molecule has 0 unspecified atom stereocenters. The number of nitrogens with one attached hydrogen (secondary N) is 1. The molecule has 0 saturated carbocycles. The van der Waals surface area contributed by atoms with Gasteiger partial charge in [-0.3, -0.25) is 9.78 Å². The van der Waals surface area contributed by atoms with Crippen LogP contribution in [0.15, 0.2) is 18.3 Å². The van der Waals surface area contributed by atoms with E-state index in [2.05, 4.69) is 10.3 Å². The lowest BCUT2D eigenvalue weighted by Crippen LogP contribution is -2.11. The fourth-order valence-corrected chi connectivity index (χ4v) is 2.30. The number of aromatic nitrogens is 1. The summed E-state index contributed by atoms with van der Waals surface area (Å²) in [6.45, 7) is 1.55. The molecule has 1 heterocycles. The number of halogens is 5. The van der Waals surface area contributed by atoms with Gasteiger partial charge in [0.25, 0.3) is 0 Å². The summed E-state index contributed by atoms with van der Waals surface area (Å²) in [4.78, 5) is 15.8. The molecule has 0 atom stereocenters. The van der Waals surface area contributed by atoms with Crippen LogP contribution in [-0.4, -0.2) is 17.5 Å². The number of ether oxygens (including phenoxy) is 1. The van der Waals surface area contributed by atoms with E-state index in [4.69, 9.17) is 4.74 Å². The monoisotopic (exact) mass is 388 g/mol. The van der Waals surface area contributed by atoms with E-state index >= 15 is 0 Å². The second-order valence-electron chi connectivity index (χ2n) is 5.79. The summed E-state index contributed by atoms with van der Waals surface area (Å²) < 4.78 is 70.5.